The number of anilines is 1. The van der Waals surface area contributed by atoms with Crippen molar-refractivity contribution in [3.8, 4) is 5.75 Å². The van der Waals surface area contributed by atoms with E-state index in [0.717, 1.165) is 6.54 Å². The van der Waals surface area contributed by atoms with Crippen molar-refractivity contribution in [1.82, 2.24) is 0 Å². The summed E-state index contributed by atoms with van der Waals surface area (Å²) in [7, 11) is 1.59. The van der Waals surface area contributed by atoms with Gasteiger partial charge in [-0.15, -0.1) is 0 Å². The van der Waals surface area contributed by atoms with Gasteiger partial charge in [0.2, 0.25) is 0 Å². The summed E-state index contributed by atoms with van der Waals surface area (Å²) in [4.78, 5) is 0. The first-order chi connectivity index (χ1) is 7.79. The van der Waals surface area contributed by atoms with Gasteiger partial charge in [-0.25, -0.2) is 4.39 Å². The van der Waals surface area contributed by atoms with Gasteiger partial charge in [0.05, 0.1) is 12.8 Å². The van der Waals surface area contributed by atoms with Gasteiger partial charge < -0.3 is 10.1 Å². The number of methoxy groups -OCH3 is 1. The Hall–Kier alpha value is -1.25. The number of benzene rings is 1. The second-order valence-electron chi connectivity index (χ2n) is 4.38. The minimum Gasteiger partial charge on any atom is -0.497 e. The van der Waals surface area contributed by atoms with Crippen LogP contribution in [-0.2, 0) is 0 Å². The van der Waals surface area contributed by atoms with Gasteiger partial charge in [0.15, 0.2) is 0 Å². The molecule has 1 aromatic rings. The van der Waals surface area contributed by atoms with E-state index in [1.54, 1.807) is 19.2 Å². The number of nitrogens with one attached hydrogen (secondary N) is 1. The topological polar surface area (TPSA) is 21.3 Å². The van der Waals surface area contributed by atoms with Gasteiger partial charge in [-0.3, -0.25) is 0 Å². The molecule has 1 fully saturated rings. The SMILES string of the molecule is COc1ccc(F)c(NCC2CCCC2)c1. The first-order valence-electron chi connectivity index (χ1n) is 5.87. The number of rotatable bonds is 4. The van der Waals surface area contributed by atoms with Crippen LogP contribution in [0.4, 0.5) is 10.1 Å². The van der Waals surface area contributed by atoms with Gasteiger partial charge in [-0.05, 0) is 30.9 Å². The molecule has 0 aliphatic heterocycles. The van der Waals surface area contributed by atoms with Gasteiger partial charge >= 0.3 is 0 Å². The maximum Gasteiger partial charge on any atom is 0.146 e. The lowest BCUT2D eigenvalue weighted by Crippen LogP contribution is -2.11. The average Bonchev–Trinajstić information content (AvgIpc) is 2.81. The van der Waals surface area contributed by atoms with E-state index in [1.165, 1.54) is 31.7 Å². The van der Waals surface area contributed by atoms with Crippen molar-refractivity contribution in [2.45, 2.75) is 25.7 Å². The molecule has 2 nitrogen and oxygen atoms in total. The third kappa shape index (κ3) is 2.65. The van der Waals surface area contributed by atoms with E-state index in [0.29, 0.717) is 17.4 Å². The summed E-state index contributed by atoms with van der Waals surface area (Å²) in [5, 5.41) is 3.17. The third-order valence-electron chi connectivity index (χ3n) is 3.23. The predicted octanol–water partition coefficient (Wildman–Crippen LogP) is 3.44. The minimum atomic E-state index is -0.209. The van der Waals surface area contributed by atoms with Crippen LogP contribution in [0.1, 0.15) is 25.7 Å². The lowest BCUT2D eigenvalue weighted by Gasteiger charge is -2.13. The van der Waals surface area contributed by atoms with E-state index < -0.39 is 0 Å². The fourth-order valence-electron chi connectivity index (χ4n) is 2.24. The van der Waals surface area contributed by atoms with Crippen LogP contribution in [-0.4, -0.2) is 13.7 Å². The first kappa shape index (κ1) is 11.2. The molecule has 0 bridgehead atoms. The van der Waals surface area contributed by atoms with Crippen LogP contribution in [0.2, 0.25) is 0 Å². The zero-order valence-electron chi connectivity index (χ0n) is 9.63. The Kier molecular flexibility index (Phi) is 3.65. The molecule has 1 aliphatic rings. The molecule has 1 N–H and O–H groups in total. The Labute approximate surface area is 95.8 Å². The standard InChI is InChI=1S/C13H18FNO/c1-16-11-6-7-12(14)13(8-11)15-9-10-4-2-3-5-10/h6-8,10,15H,2-5,9H2,1H3. The van der Waals surface area contributed by atoms with Crippen LogP contribution in [0, 0.1) is 11.7 Å². The van der Waals surface area contributed by atoms with Crippen LogP contribution < -0.4 is 10.1 Å². The summed E-state index contributed by atoms with van der Waals surface area (Å²) < 4.78 is 18.5. The first-order valence-corrected chi connectivity index (χ1v) is 5.87. The monoisotopic (exact) mass is 223 g/mol. The lowest BCUT2D eigenvalue weighted by molar-refractivity contribution is 0.414. The molecule has 1 aromatic carbocycles. The molecule has 0 amide bonds. The van der Waals surface area contributed by atoms with Crippen molar-refractivity contribution in [3.05, 3.63) is 24.0 Å². The van der Waals surface area contributed by atoms with Crippen LogP contribution in [0.3, 0.4) is 0 Å². The van der Waals surface area contributed by atoms with Gasteiger partial charge in [0.25, 0.3) is 0 Å². The number of hydrogen-bond donors (Lipinski definition) is 1. The van der Waals surface area contributed by atoms with E-state index in [4.69, 9.17) is 4.74 Å². The van der Waals surface area contributed by atoms with Crippen molar-refractivity contribution in [1.29, 1.82) is 0 Å². The zero-order chi connectivity index (χ0) is 11.4. The molecule has 16 heavy (non-hydrogen) atoms. The fraction of sp³-hybridized carbons (Fsp3) is 0.538. The molecule has 0 atom stereocenters. The summed E-state index contributed by atoms with van der Waals surface area (Å²) >= 11 is 0. The van der Waals surface area contributed by atoms with E-state index in [1.807, 2.05) is 0 Å². The largest absolute Gasteiger partial charge is 0.497 e. The van der Waals surface area contributed by atoms with Crippen molar-refractivity contribution in [3.63, 3.8) is 0 Å². The molecule has 2 rings (SSSR count). The summed E-state index contributed by atoms with van der Waals surface area (Å²) in [6.45, 7) is 0.865. The van der Waals surface area contributed by atoms with E-state index >= 15 is 0 Å². The van der Waals surface area contributed by atoms with Crippen LogP contribution >= 0.6 is 0 Å². The smallest absolute Gasteiger partial charge is 0.146 e. The van der Waals surface area contributed by atoms with Crippen LogP contribution in [0.5, 0.6) is 5.75 Å². The highest BCUT2D eigenvalue weighted by Gasteiger charge is 2.15. The molecular weight excluding hydrogens is 205 g/mol. The Bertz CT molecular complexity index is 348. The maximum atomic E-state index is 13.5. The highest BCUT2D eigenvalue weighted by atomic mass is 19.1. The molecular formula is C13H18FNO. The average molecular weight is 223 g/mol. The van der Waals surface area contributed by atoms with E-state index in [9.17, 15) is 4.39 Å². The van der Waals surface area contributed by atoms with Gasteiger partial charge in [-0.2, -0.15) is 0 Å². The van der Waals surface area contributed by atoms with E-state index in [2.05, 4.69) is 5.32 Å². The van der Waals surface area contributed by atoms with Gasteiger partial charge in [-0.1, -0.05) is 12.8 Å². The van der Waals surface area contributed by atoms with E-state index in [-0.39, 0.29) is 5.82 Å². The van der Waals surface area contributed by atoms with Gasteiger partial charge in [0, 0.05) is 12.6 Å². The fourth-order valence-corrected chi connectivity index (χ4v) is 2.24. The molecule has 0 unspecified atom stereocenters. The highest BCUT2D eigenvalue weighted by molar-refractivity contribution is 5.49. The second-order valence-corrected chi connectivity index (χ2v) is 4.38. The van der Waals surface area contributed by atoms with Crippen molar-refractivity contribution in [2.75, 3.05) is 19.0 Å². The maximum absolute atomic E-state index is 13.5. The van der Waals surface area contributed by atoms with Crippen LogP contribution in [0.25, 0.3) is 0 Å². The Morgan fingerprint density at radius 1 is 1.38 bits per heavy atom. The highest BCUT2D eigenvalue weighted by Crippen LogP contribution is 2.26. The molecule has 3 heteroatoms. The molecule has 0 heterocycles. The Morgan fingerprint density at radius 3 is 2.81 bits per heavy atom. The summed E-state index contributed by atoms with van der Waals surface area (Å²) in [6.07, 6.45) is 5.15. The number of ether oxygens (including phenoxy) is 1. The summed E-state index contributed by atoms with van der Waals surface area (Å²) in [5.74, 6) is 1.18. The van der Waals surface area contributed by atoms with Gasteiger partial charge in [0.1, 0.15) is 11.6 Å². The second kappa shape index (κ2) is 5.19. The van der Waals surface area contributed by atoms with Crippen molar-refractivity contribution < 1.29 is 9.13 Å². The Morgan fingerprint density at radius 2 is 2.12 bits per heavy atom. The lowest BCUT2D eigenvalue weighted by atomic mass is 10.1. The zero-order valence-corrected chi connectivity index (χ0v) is 9.63. The molecule has 0 aromatic heterocycles. The molecule has 1 aliphatic carbocycles. The quantitative estimate of drug-likeness (QED) is 0.844. The third-order valence-corrected chi connectivity index (χ3v) is 3.23. The normalized spacial score (nSPS) is 16.4. The molecule has 0 saturated heterocycles. The minimum absolute atomic E-state index is 0.209. The molecule has 0 spiro atoms. The van der Waals surface area contributed by atoms with Crippen LogP contribution in [0.15, 0.2) is 18.2 Å². The molecule has 88 valence electrons. The van der Waals surface area contributed by atoms with Crippen molar-refractivity contribution >= 4 is 5.69 Å². The number of halogens is 1. The Balaban J connectivity index is 1.96. The molecule has 1 saturated carbocycles. The number of hydrogen-bond acceptors (Lipinski definition) is 2. The summed E-state index contributed by atoms with van der Waals surface area (Å²) in [6, 6.07) is 4.79. The summed E-state index contributed by atoms with van der Waals surface area (Å²) in [5.41, 5.74) is 0.547. The molecule has 0 radical (unpaired) electrons. The predicted molar refractivity (Wildman–Crippen MR) is 63.4 cm³/mol. The van der Waals surface area contributed by atoms with Crippen molar-refractivity contribution in [2.24, 2.45) is 5.92 Å².